The molecule has 0 unspecified atom stereocenters. The number of hydrogen-bond donors (Lipinski definition) is 0. The van der Waals surface area contributed by atoms with Crippen molar-refractivity contribution in [3.63, 3.8) is 0 Å². The number of hydrogen-bond acceptors (Lipinski definition) is 0. The molecule has 0 amide bonds. The molecule has 0 N–H and O–H groups in total. The molecule has 0 fully saturated rings. The van der Waals surface area contributed by atoms with Crippen molar-refractivity contribution in [3.05, 3.63) is 76.3 Å². The monoisotopic (exact) mass is 316 g/mol. The van der Waals surface area contributed by atoms with Crippen LogP contribution in [0, 0.1) is 0 Å². The lowest BCUT2D eigenvalue weighted by Gasteiger charge is -2.06. The Bertz CT molecular complexity index is 516. The highest BCUT2D eigenvalue weighted by Gasteiger charge is 2.21. The van der Waals surface area contributed by atoms with Gasteiger partial charge in [-0.05, 0) is 29.2 Å². The zero-order valence-electron chi connectivity index (χ0n) is 11.9. The predicted molar refractivity (Wildman–Crippen MR) is 90.3 cm³/mol. The van der Waals surface area contributed by atoms with E-state index < -0.39 is 0 Å². The standard InChI is InChI=1S/C16H15Br.C2H6/c1-3-4-10-14-12(2)11-15(17)16(14)13-8-6-5-7-9-13;1-2/h3-10H,2,11H2,1H3;1-2H3/b4-3-,14-10+;. The molecule has 0 atom stereocenters. The van der Waals surface area contributed by atoms with Gasteiger partial charge in [0.1, 0.15) is 0 Å². The van der Waals surface area contributed by atoms with Gasteiger partial charge in [0.25, 0.3) is 0 Å². The summed E-state index contributed by atoms with van der Waals surface area (Å²) in [7, 11) is 0. The molecule has 1 aromatic carbocycles. The average molecular weight is 317 g/mol. The van der Waals surface area contributed by atoms with Crippen molar-refractivity contribution >= 4 is 21.5 Å². The molecule has 1 aliphatic rings. The molecule has 0 nitrogen and oxygen atoms in total. The van der Waals surface area contributed by atoms with E-state index in [1.807, 2.05) is 32.9 Å². The molecule has 1 aliphatic carbocycles. The van der Waals surface area contributed by atoms with E-state index >= 15 is 0 Å². The van der Waals surface area contributed by atoms with E-state index in [2.05, 4.69) is 58.9 Å². The lowest BCUT2D eigenvalue weighted by Crippen LogP contribution is -1.86. The Kier molecular flexibility index (Phi) is 6.58. The van der Waals surface area contributed by atoms with Crippen LogP contribution in [0.4, 0.5) is 0 Å². The lowest BCUT2D eigenvalue weighted by atomic mass is 9.98. The van der Waals surface area contributed by atoms with E-state index in [1.165, 1.54) is 26.8 Å². The van der Waals surface area contributed by atoms with Gasteiger partial charge in [0.15, 0.2) is 0 Å². The molecule has 1 heteroatoms. The first kappa shape index (κ1) is 15.7. The highest BCUT2D eigenvalue weighted by molar-refractivity contribution is 9.11. The van der Waals surface area contributed by atoms with E-state index in [4.69, 9.17) is 0 Å². The van der Waals surface area contributed by atoms with Crippen LogP contribution in [-0.2, 0) is 0 Å². The Hall–Kier alpha value is -1.34. The quantitative estimate of drug-likeness (QED) is 0.602. The molecule has 1 aromatic rings. The van der Waals surface area contributed by atoms with Crippen LogP contribution in [0.25, 0.3) is 5.57 Å². The largest absolute Gasteiger partial charge is 0.0949 e. The molecule has 19 heavy (non-hydrogen) atoms. The lowest BCUT2D eigenvalue weighted by molar-refractivity contribution is 1.32. The Morgan fingerprint density at radius 1 is 1.16 bits per heavy atom. The van der Waals surface area contributed by atoms with Gasteiger partial charge < -0.3 is 0 Å². The summed E-state index contributed by atoms with van der Waals surface area (Å²) >= 11 is 3.67. The SMILES string of the molecule is C=C1CC(Br)=C(c2ccccc2)/C1=C/C=C\C.CC. The van der Waals surface area contributed by atoms with Crippen molar-refractivity contribution in [2.75, 3.05) is 0 Å². The van der Waals surface area contributed by atoms with Crippen LogP contribution in [0.1, 0.15) is 32.8 Å². The third-order valence-electron chi connectivity index (χ3n) is 2.81. The topological polar surface area (TPSA) is 0 Å². The molecule has 100 valence electrons. The summed E-state index contributed by atoms with van der Waals surface area (Å²) in [5, 5.41) is 0. The second-order valence-corrected chi connectivity index (χ2v) is 4.99. The van der Waals surface area contributed by atoms with Crippen LogP contribution >= 0.6 is 15.9 Å². The summed E-state index contributed by atoms with van der Waals surface area (Å²) < 4.78 is 1.23. The Labute approximate surface area is 125 Å². The second kappa shape index (κ2) is 7.96. The van der Waals surface area contributed by atoms with Gasteiger partial charge in [-0.1, -0.05) is 84.9 Å². The van der Waals surface area contributed by atoms with Crippen LogP contribution in [0.15, 0.2) is 70.8 Å². The third-order valence-corrected chi connectivity index (χ3v) is 3.48. The van der Waals surface area contributed by atoms with Crippen LogP contribution in [0.2, 0.25) is 0 Å². The molecule has 0 bridgehead atoms. The maximum atomic E-state index is 4.14. The number of benzene rings is 1. The molecule has 0 saturated carbocycles. The Balaban J connectivity index is 0.000000861. The van der Waals surface area contributed by atoms with Gasteiger partial charge >= 0.3 is 0 Å². The number of halogens is 1. The Morgan fingerprint density at radius 2 is 1.79 bits per heavy atom. The molecule has 0 saturated heterocycles. The molecule has 0 aliphatic heterocycles. The zero-order chi connectivity index (χ0) is 14.3. The Morgan fingerprint density at radius 3 is 2.37 bits per heavy atom. The van der Waals surface area contributed by atoms with Gasteiger partial charge in [-0.15, -0.1) is 0 Å². The maximum absolute atomic E-state index is 4.14. The molecule has 0 aromatic heterocycles. The second-order valence-electron chi connectivity index (χ2n) is 4.03. The molecular formula is C18H21Br. The summed E-state index contributed by atoms with van der Waals surface area (Å²) in [6, 6.07) is 10.4. The number of rotatable bonds is 2. The minimum Gasteiger partial charge on any atom is -0.0949 e. The normalized spacial score (nSPS) is 17.1. The van der Waals surface area contributed by atoms with Crippen molar-refractivity contribution in [1.29, 1.82) is 0 Å². The van der Waals surface area contributed by atoms with E-state index in [0.717, 1.165) is 6.42 Å². The van der Waals surface area contributed by atoms with Crippen molar-refractivity contribution in [2.24, 2.45) is 0 Å². The van der Waals surface area contributed by atoms with Crippen LogP contribution in [-0.4, -0.2) is 0 Å². The summed E-state index contributed by atoms with van der Waals surface area (Å²) in [4.78, 5) is 0. The molecule has 0 spiro atoms. The fourth-order valence-corrected chi connectivity index (χ4v) is 2.79. The highest BCUT2D eigenvalue weighted by atomic mass is 79.9. The van der Waals surface area contributed by atoms with Gasteiger partial charge in [-0.3, -0.25) is 0 Å². The van der Waals surface area contributed by atoms with Gasteiger partial charge in [0, 0.05) is 10.9 Å². The molecule has 2 rings (SSSR count). The molecular weight excluding hydrogens is 296 g/mol. The molecule has 0 heterocycles. The predicted octanol–water partition coefficient (Wildman–Crippen LogP) is 6.28. The van der Waals surface area contributed by atoms with E-state index in [1.54, 1.807) is 0 Å². The summed E-state index contributed by atoms with van der Waals surface area (Å²) in [6.45, 7) is 10.2. The first-order valence-electron chi connectivity index (χ1n) is 6.69. The van der Waals surface area contributed by atoms with Crippen LogP contribution in [0.3, 0.4) is 0 Å². The first-order chi connectivity index (χ1) is 9.24. The van der Waals surface area contributed by atoms with E-state index in [9.17, 15) is 0 Å². The van der Waals surface area contributed by atoms with Gasteiger partial charge in [-0.2, -0.15) is 0 Å². The van der Waals surface area contributed by atoms with E-state index in [-0.39, 0.29) is 0 Å². The minimum absolute atomic E-state index is 0.910. The summed E-state index contributed by atoms with van der Waals surface area (Å²) in [5.41, 5.74) is 4.93. The van der Waals surface area contributed by atoms with Gasteiger partial charge in [0.2, 0.25) is 0 Å². The third kappa shape index (κ3) is 3.81. The minimum atomic E-state index is 0.910. The summed E-state index contributed by atoms with van der Waals surface area (Å²) in [5.74, 6) is 0. The van der Waals surface area contributed by atoms with Crippen LogP contribution < -0.4 is 0 Å². The number of allylic oxidation sites excluding steroid dienone is 7. The van der Waals surface area contributed by atoms with Crippen molar-refractivity contribution in [2.45, 2.75) is 27.2 Å². The zero-order valence-corrected chi connectivity index (χ0v) is 13.5. The maximum Gasteiger partial charge on any atom is 0.00789 e. The van der Waals surface area contributed by atoms with Gasteiger partial charge in [0.05, 0.1) is 0 Å². The van der Waals surface area contributed by atoms with Crippen molar-refractivity contribution < 1.29 is 0 Å². The van der Waals surface area contributed by atoms with E-state index in [0.29, 0.717) is 0 Å². The molecule has 0 radical (unpaired) electrons. The average Bonchev–Trinajstić information content (AvgIpc) is 2.74. The fraction of sp³-hybridized carbons (Fsp3) is 0.222. The smallest absolute Gasteiger partial charge is 0.00789 e. The van der Waals surface area contributed by atoms with Crippen LogP contribution in [0.5, 0.6) is 0 Å². The summed E-state index contributed by atoms with van der Waals surface area (Å²) in [6.07, 6.45) is 7.15. The van der Waals surface area contributed by atoms with Crippen molar-refractivity contribution in [1.82, 2.24) is 0 Å². The van der Waals surface area contributed by atoms with Crippen molar-refractivity contribution in [3.8, 4) is 0 Å². The first-order valence-corrected chi connectivity index (χ1v) is 7.49. The fourth-order valence-electron chi connectivity index (χ4n) is 2.00. The van der Waals surface area contributed by atoms with Gasteiger partial charge in [-0.25, -0.2) is 0 Å². The highest BCUT2D eigenvalue weighted by Crippen LogP contribution is 2.43.